The van der Waals surface area contributed by atoms with Crippen LogP contribution in [-0.4, -0.2) is 47.7 Å². The number of carbonyl (C=O) groups is 2. The van der Waals surface area contributed by atoms with E-state index in [9.17, 15) is 14.7 Å². The lowest BCUT2D eigenvalue weighted by atomic mass is 10.2. The van der Waals surface area contributed by atoms with Crippen LogP contribution in [0.25, 0.3) is 0 Å². The first-order valence-corrected chi connectivity index (χ1v) is 6.35. The fourth-order valence-corrected chi connectivity index (χ4v) is 2.70. The Kier molecular flexibility index (Phi) is 5.62. The van der Waals surface area contributed by atoms with Crippen LogP contribution in [-0.2, 0) is 14.3 Å². The minimum Gasteiger partial charge on any atom is -0.467 e. The third-order valence-corrected chi connectivity index (χ3v) is 3.79. The van der Waals surface area contributed by atoms with Crippen molar-refractivity contribution in [1.29, 1.82) is 0 Å². The van der Waals surface area contributed by atoms with Gasteiger partial charge in [0.05, 0.1) is 18.9 Å². The molecule has 1 amide bonds. The minimum absolute atomic E-state index is 0.0430. The van der Waals surface area contributed by atoms with Crippen LogP contribution in [0, 0.1) is 0 Å². The van der Waals surface area contributed by atoms with Gasteiger partial charge in [-0.15, -0.1) is 11.8 Å². The second-order valence-corrected chi connectivity index (χ2v) is 4.95. The lowest BCUT2D eigenvalue weighted by Gasteiger charge is -2.20. The highest BCUT2D eigenvalue weighted by molar-refractivity contribution is 8.00. The summed E-state index contributed by atoms with van der Waals surface area (Å²) < 4.78 is 4.34. The smallest absolute Gasteiger partial charge is 0.336 e. The SMILES string of the molecule is COC(=O)C(O)CNC(=O)C1CCCCS1. The highest BCUT2D eigenvalue weighted by atomic mass is 32.2. The van der Waals surface area contributed by atoms with Crippen molar-refractivity contribution in [2.75, 3.05) is 19.4 Å². The largest absolute Gasteiger partial charge is 0.467 e. The molecule has 0 radical (unpaired) electrons. The third-order valence-electron chi connectivity index (χ3n) is 2.42. The molecule has 16 heavy (non-hydrogen) atoms. The van der Waals surface area contributed by atoms with Crippen molar-refractivity contribution in [3.63, 3.8) is 0 Å². The van der Waals surface area contributed by atoms with Crippen molar-refractivity contribution in [1.82, 2.24) is 5.32 Å². The zero-order valence-corrected chi connectivity index (χ0v) is 10.1. The molecule has 0 spiro atoms. The van der Waals surface area contributed by atoms with E-state index in [-0.39, 0.29) is 17.7 Å². The van der Waals surface area contributed by atoms with E-state index in [4.69, 9.17) is 0 Å². The Morgan fingerprint density at radius 3 is 2.88 bits per heavy atom. The van der Waals surface area contributed by atoms with E-state index < -0.39 is 12.1 Å². The number of carbonyl (C=O) groups excluding carboxylic acids is 2. The predicted octanol–water partition coefficient (Wildman–Crippen LogP) is -0.0778. The Hall–Kier alpha value is -0.750. The van der Waals surface area contributed by atoms with Gasteiger partial charge in [0, 0.05) is 0 Å². The van der Waals surface area contributed by atoms with E-state index in [1.165, 1.54) is 7.11 Å². The van der Waals surface area contributed by atoms with Crippen molar-refractivity contribution in [3.8, 4) is 0 Å². The normalized spacial score (nSPS) is 22.2. The number of rotatable bonds is 4. The number of amides is 1. The monoisotopic (exact) mass is 247 g/mol. The zero-order valence-electron chi connectivity index (χ0n) is 9.27. The topological polar surface area (TPSA) is 75.6 Å². The van der Waals surface area contributed by atoms with Crippen molar-refractivity contribution in [2.24, 2.45) is 0 Å². The average Bonchev–Trinajstić information content (AvgIpc) is 2.35. The van der Waals surface area contributed by atoms with Gasteiger partial charge in [0.2, 0.25) is 5.91 Å². The van der Waals surface area contributed by atoms with Crippen LogP contribution < -0.4 is 5.32 Å². The number of hydrogen-bond acceptors (Lipinski definition) is 5. The van der Waals surface area contributed by atoms with E-state index in [0.29, 0.717) is 0 Å². The first kappa shape index (κ1) is 13.3. The van der Waals surface area contributed by atoms with Gasteiger partial charge >= 0.3 is 5.97 Å². The molecule has 1 heterocycles. The molecule has 1 rings (SSSR count). The maximum absolute atomic E-state index is 11.6. The van der Waals surface area contributed by atoms with Gasteiger partial charge < -0.3 is 15.2 Å². The van der Waals surface area contributed by atoms with Gasteiger partial charge in [0.15, 0.2) is 6.10 Å². The summed E-state index contributed by atoms with van der Waals surface area (Å²) in [6, 6.07) is 0. The number of hydrogen-bond donors (Lipinski definition) is 2. The van der Waals surface area contributed by atoms with Gasteiger partial charge in [-0.2, -0.15) is 0 Å². The molecule has 1 fully saturated rings. The van der Waals surface area contributed by atoms with Crippen LogP contribution in [0.3, 0.4) is 0 Å². The van der Waals surface area contributed by atoms with E-state index in [1.807, 2.05) is 0 Å². The number of thioether (sulfide) groups is 1. The summed E-state index contributed by atoms with van der Waals surface area (Å²) in [7, 11) is 1.20. The quantitative estimate of drug-likeness (QED) is 0.680. The molecule has 2 N–H and O–H groups in total. The van der Waals surface area contributed by atoms with Gasteiger partial charge in [-0.3, -0.25) is 4.79 Å². The Balaban J connectivity index is 2.26. The Morgan fingerprint density at radius 2 is 2.31 bits per heavy atom. The molecule has 0 aromatic carbocycles. The second kappa shape index (κ2) is 6.75. The van der Waals surface area contributed by atoms with E-state index in [0.717, 1.165) is 25.0 Å². The maximum atomic E-state index is 11.6. The summed E-state index contributed by atoms with van der Waals surface area (Å²) in [5, 5.41) is 11.8. The third kappa shape index (κ3) is 4.02. The van der Waals surface area contributed by atoms with Crippen LogP contribution in [0.2, 0.25) is 0 Å². The predicted molar refractivity (Wildman–Crippen MR) is 61.1 cm³/mol. The van der Waals surface area contributed by atoms with Crippen LogP contribution in [0.1, 0.15) is 19.3 Å². The molecule has 1 saturated heterocycles. The van der Waals surface area contributed by atoms with E-state index in [2.05, 4.69) is 10.1 Å². The zero-order chi connectivity index (χ0) is 12.0. The van der Waals surface area contributed by atoms with Crippen LogP contribution in [0.5, 0.6) is 0 Å². The number of esters is 1. The summed E-state index contributed by atoms with van der Waals surface area (Å²) in [6.45, 7) is -0.0808. The molecule has 5 nitrogen and oxygen atoms in total. The fourth-order valence-electron chi connectivity index (χ4n) is 1.48. The molecule has 2 unspecified atom stereocenters. The fraction of sp³-hybridized carbons (Fsp3) is 0.800. The van der Waals surface area contributed by atoms with Crippen molar-refractivity contribution < 1.29 is 19.4 Å². The standard InChI is InChI=1S/C10H17NO4S/c1-15-10(14)7(12)6-11-9(13)8-4-2-3-5-16-8/h7-8,12H,2-6H2,1H3,(H,11,13). The second-order valence-electron chi connectivity index (χ2n) is 3.64. The summed E-state index contributed by atoms with van der Waals surface area (Å²) in [6.07, 6.45) is 1.80. The lowest BCUT2D eigenvalue weighted by Crippen LogP contribution is -2.41. The molecular weight excluding hydrogens is 230 g/mol. The molecule has 0 bridgehead atoms. The van der Waals surface area contributed by atoms with Crippen molar-refractivity contribution in [2.45, 2.75) is 30.6 Å². The molecular formula is C10H17NO4S. The Labute approximate surface area is 98.9 Å². The number of methoxy groups -OCH3 is 1. The Bertz CT molecular complexity index is 253. The van der Waals surface area contributed by atoms with E-state index >= 15 is 0 Å². The van der Waals surface area contributed by atoms with Crippen molar-refractivity contribution >= 4 is 23.6 Å². The number of aliphatic hydroxyl groups is 1. The molecule has 0 saturated carbocycles. The summed E-state index contributed by atoms with van der Waals surface area (Å²) in [5.41, 5.74) is 0. The first-order valence-electron chi connectivity index (χ1n) is 5.30. The first-order chi connectivity index (χ1) is 7.65. The molecule has 92 valence electrons. The van der Waals surface area contributed by atoms with Crippen LogP contribution in [0.15, 0.2) is 0 Å². The lowest BCUT2D eigenvalue weighted by molar-refractivity contribution is -0.150. The van der Waals surface area contributed by atoms with Gasteiger partial charge in [-0.25, -0.2) is 4.79 Å². The molecule has 6 heteroatoms. The highest BCUT2D eigenvalue weighted by Crippen LogP contribution is 2.24. The molecule has 2 atom stereocenters. The van der Waals surface area contributed by atoms with Gasteiger partial charge in [-0.1, -0.05) is 6.42 Å². The molecule has 1 aliphatic heterocycles. The summed E-state index contributed by atoms with van der Waals surface area (Å²) in [4.78, 5) is 22.5. The van der Waals surface area contributed by atoms with Crippen molar-refractivity contribution in [3.05, 3.63) is 0 Å². The van der Waals surface area contributed by atoms with Gasteiger partial charge in [0.1, 0.15) is 0 Å². The average molecular weight is 247 g/mol. The molecule has 0 aromatic rings. The number of nitrogens with one attached hydrogen (secondary N) is 1. The number of ether oxygens (including phenoxy) is 1. The number of aliphatic hydroxyl groups excluding tert-OH is 1. The maximum Gasteiger partial charge on any atom is 0.336 e. The Morgan fingerprint density at radius 1 is 1.56 bits per heavy atom. The summed E-state index contributed by atoms with van der Waals surface area (Å²) >= 11 is 1.63. The molecule has 0 aliphatic carbocycles. The van der Waals surface area contributed by atoms with Gasteiger partial charge in [0.25, 0.3) is 0 Å². The molecule has 1 aliphatic rings. The van der Waals surface area contributed by atoms with Crippen LogP contribution in [0.4, 0.5) is 0 Å². The minimum atomic E-state index is -1.28. The van der Waals surface area contributed by atoms with Crippen LogP contribution >= 0.6 is 11.8 Å². The van der Waals surface area contributed by atoms with Gasteiger partial charge in [-0.05, 0) is 18.6 Å². The highest BCUT2D eigenvalue weighted by Gasteiger charge is 2.23. The summed E-state index contributed by atoms with van der Waals surface area (Å²) in [5.74, 6) is 0.168. The molecule has 0 aromatic heterocycles. The van der Waals surface area contributed by atoms with E-state index in [1.54, 1.807) is 11.8 Å².